The first kappa shape index (κ1) is 24.9. The standard InChI is InChI=1S/C25H23F2N7O4/c1-14-23(24-18(26)7-17(36-3)8-19(24)27)25(32(2)30-14)34-13-28-20-9-16(5-6-21(20)34)38-12-15-10-33(31-29-15)11-22(35)37-4/h5-10,13H,11-12H2,1-4H3. The second-order valence-electron chi connectivity index (χ2n) is 8.41. The maximum atomic E-state index is 15.0. The van der Waals surface area contributed by atoms with Crippen LogP contribution in [0.15, 0.2) is 42.9 Å². The van der Waals surface area contributed by atoms with Gasteiger partial charge in [0.05, 0.1) is 48.3 Å². The maximum Gasteiger partial charge on any atom is 0.327 e. The average Bonchev–Trinajstić information content (AvgIpc) is 3.59. The molecule has 0 bridgehead atoms. The van der Waals surface area contributed by atoms with Gasteiger partial charge >= 0.3 is 5.97 Å². The van der Waals surface area contributed by atoms with Gasteiger partial charge < -0.3 is 14.2 Å². The fraction of sp³-hybridized carbons (Fsp3) is 0.240. The third kappa shape index (κ3) is 4.53. The minimum absolute atomic E-state index is 0.0489. The van der Waals surface area contributed by atoms with Gasteiger partial charge in [-0.3, -0.25) is 14.0 Å². The quantitative estimate of drug-likeness (QED) is 0.285. The lowest BCUT2D eigenvalue weighted by Gasteiger charge is -2.12. The number of methoxy groups -OCH3 is 2. The Labute approximate surface area is 215 Å². The molecule has 0 saturated carbocycles. The van der Waals surface area contributed by atoms with Crippen molar-refractivity contribution in [3.05, 3.63) is 65.9 Å². The third-order valence-corrected chi connectivity index (χ3v) is 5.93. The van der Waals surface area contributed by atoms with E-state index in [0.29, 0.717) is 39.6 Å². The summed E-state index contributed by atoms with van der Waals surface area (Å²) in [5.41, 5.74) is 2.36. The molecule has 13 heteroatoms. The Balaban J connectivity index is 1.45. The Hall–Kier alpha value is -4.81. The number of ether oxygens (including phenoxy) is 3. The molecule has 5 rings (SSSR count). The van der Waals surface area contributed by atoms with Crippen molar-refractivity contribution in [3.63, 3.8) is 0 Å². The third-order valence-electron chi connectivity index (χ3n) is 5.93. The van der Waals surface area contributed by atoms with Crippen molar-refractivity contribution in [2.75, 3.05) is 14.2 Å². The Bertz CT molecular complexity index is 1630. The SMILES string of the molecule is COC(=O)Cn1cc(COc2ccc3c(c2)ncn3-c2c(-c3c(F)cc(OC)cc3F)c(C)nn2C)nn1. The van der Waals surface area contributed by atoms with E-state index in [1.54, 1.807) is 53.9 Å². The summed E-state index contributed by atoms with van der Waals surface area (Å²) in [5.74, 6) is -0.903. The topological polar surface area (TPSA) is 111 Å². The molecule has 0 radical (unpaired) electrons. The second kappa shape index (κ2) is 9.92. The molecular weight excluding hydrogens is 500 g/mol. The van der Waals surface area contributed by atoms with E-state index in [0.717, 1.165) is 12.1 Å². The Kier molecular flexibility index (Phi) is 6.49. The smallest absolute Gasteiger partial charge is 0.327 e. The van der Waals surface area contributed by atoms with Crippen LogP contribution >= 0.6 is 0 Å². The molecule has 0 atom stereocenters. The van der Waals surface area contributed by atoms with Gasteiger partial charge in [0.25, 0.3) is 0 Å². The van der Waals surface area contributed by atoms with Gasteiger partial charge in [-0.25, -0.2) is 18.4 Å². The first-order chi connectivity index (χ1) is 18.3. The number of benzene rings is 2. The van der Waals surface area contributed by atoms with E-state index in [4.69, 9.17) is 9.47 Å². The van der Waals surface area contributed by atoms with Crippen LogP contribution in [0.2, 0.25) is 0 Å². The number of fused-ring (bicyclic) bond motifs is 1. The lowest BCUT2D eigenvalue weighted by molar-refractivity contribution is -0.141. The molecule has 0 aliphatic heterocycles. The number of rotatable bonds is 8. The Morgan fingerprint density at radius 1 is 1.05 bits per heavy atom. The van der Waals surface area contributed by atoms with Crippen LogP contribution in [0.1, 0.15) is 11.4 Å². The van der Waals surface area contributed by atoms with E-state index in [2.05, 4.69) is 25.1 Å². The van der Waals surface area contributed by atoms with Crippen molar-refractivity contribution in [1.29, 1.82) is 0 Å². The first-order valence-corrected chi connectivity index (χ1v) is 11.4. The molecule has 0 N–H and O–H groups in total. The summed E-state index contributed by atoms with van der Waals surface area (Å²) in [5, 5.41) is 12.3. The minimum Gasteiger partial charge on any atom is -0.497 e. The summed E-state index contributed by atoms with van der Waals surface area (Å²) < 4.78 is 50.1. The van der Waals surface area contributed by atoms with Gasteiger partial charge in [0.15, 0.2) is 0 Å². The molecule has 196 valence electrons. The van der Waals surface area contributed by atoms with Crippen LogP contribution in [0.25, 0.3) is 28.0 Å². The predicted molar refractivity (Wildman–Crippen MR) is 131 cm³/mol. The highest BCUT2D eigenvalue weighted by atomic mass is 19.1. The lowest BCUT2D eigenvalue weighted by atomic mass is 10.0. The molecule has 3 aromatic heterocycles. The zero-order valence-corrected chi connectivity index (χ0v) is 21.0. The van der Waals surface area contributed by atoms with E-state index in [-0.39, 0.29) is 24.5 Å². The van der Waals surface area contributed by atoms with Crippen molar-refractivity contribution in [2.24, 2.45) is 7.05 Å². The minimum atomic E-state index is -0.761. The second-order valence-corrected chi connectivity index (χ2v) is 8.41. The highest BCUT2D eigenvalue weighted by molar-refractivity contribution is 5.83. The van der Waals surface area contributed by atoms with Crippen LogP contribution in [0.4, 0.5) is 8.78 Å². The molecule has 2 aromatic carbocycles. The summed E-state index contributed by atoms with van der Waals surface area (Å²) in [4.78, 5) is 15.8. The fourth-order valence-electron chi connectivity index (χ4n) is 4.21. The molecule has 0 unspecified atom stereocenters. The number of hydrogen-bond donors (Lipinski definition) is 0. The van der Waals surface area contributed by atoms with Crippen molar-refractivity contribution < 1.29 is 27.8 Å². The van der Waals surface area contributed by atoms with Crippen LogP contribution in [-0.2, 0) is 29.7 Å². The number of hydrogen-bond acceptors (Lipinski definition) is 8. The normalized spacial score (nSPS) is 11.2. The van der Waals surface area contributed by atoms with Crippen molar-refractivity contribution in [1.82, 2.24) is 34.3 Å². The van der Waals surface area contributed by atoms with Gasteiger partial charge in [-0.05, 0) is 19.1 Å². The molecule has 38 heavy (non-hydrogen) atoms. The predicted octanol–water partition coefficient (Wildman–Crippen LogP) is 3.36. The number of carbonyl (C=O) groups excluding carboxylic acids is 1. The Morgan fingerprint density at radius 3 is 2.53 bits per heavy atom. The number of esters is 1. The van der Waals surface area contributed by atoms with Gasteiger partial charge in [-0.15, -0.1) is 5.10 Å². The van der Waals surface area contributed by atoms with Gasteiger partial charge in [0.2, 0.25) is 0 Å². The molecule has 0 aliphatic carbocycles. The molecule has 11 nitrogen and oxygen atoms in total. The van der Waals surface area contributed by atoms with Crippen LogP contribution < -0.4 is 9.47 Å². The monoisotopic (exact) mass is 523 g/mol. The van der Waals surface area contributed by atoms with E-state index in [1.807, 2.05) is 0 Å². The van der Waals surface area contributed by atoms with Gasteiger partial charge in [0, 0.05) is 25.2 Å². The van der Waals surface area contributed by atoms with E-state index in [9.17, 15) is 4.79 Å². The summed E-state index contributed by atoms with van der Waals surface area (Å²) in [7, 11) is 4.34. The summed E-state index contributed by atoms with van der Waals surface area (Å²) in [6, 6.07) is 7.55. The summed E-state index contributed by atoms with van der Waals surface area (Å²) in [6.45, 7) is 1.76. The number of aryl methyl sites for hydroxylation is 2. The van der Waals surface area contributed by atoms with Crippen LogP contribution in [-0.4, -0.2) is 54.5 Å². The zero-order valence-electron chi connectivity index (χ0n) is 21.0. The van der Waals surface area contributed by atoms with Crippen molar-refractivity contribution in [3.8, 4) is 28.4 Å². The summed E-state index contributed by atoms with van der Waals surface area (Å²) in [6.07, 6.45) is 3.15. The largest absolute Gasteiger partial charge is 0.497 e. The molecule has 3 heterocycles. The van der Waals surface area contributed by atoms with E-state index >= 15 is 8.78 Å². The zero-order chi connectivity index (χ0) is 27.0. The van der Waals surface area contributed by atoms with Crippen molar-refractivity contribution >= 4 is 17.0 Å². The highest BCUT2D eigenvalue weighted by Gasteiger charge is 2.25. The average molecular weight is 524 g/mol. The maximum absolute atomic E-state index is 15.0. The lowest BCUT2D eigenvalue weighted by Crippen LogP contribution is -2.11. The first-order valence-electron chi connectivity index (χ1n) is 11.4. The molecule has 5 aromatic rings. The van der Waals surface area contributed by atoms with Gasteiger partial charge in [-0.1, -0.05) is 5.21 Å². The number of nitrogens with zero attached hydrogens (tertiary/aromatic N) is 7. The fourth-order valence-corrected chi connectivity index (χ4v) is 4.21. The van der Waals surface area contributed by atoms with Gasteiger partial charge in [0.1, 0.15) is 54.1 Å². The number of halogens is 2. The highest BCUT2D eigenvalue weighted by Crippen LogP contribution is 2.37. The molecule has 0 amide bonds. The molecule has 0 spiro atoms. The van der Waals surface area contributed by atoms with Gasteiger partial charge in [-0.2, -0.15) is 5.10 Å². The number of imidazole rings is 1. The van der Waals surface area contributed by atoms with E-state index in [1.165, 1.54) is 18.9 Å². The molecule has 0 saturated heterocycles. The molecule has 0 fully saturated rings. The van der Waals surface area contributed by atoms with E-state index < -0.39 is 17.6 Å². The molecular formula is C25H23F2N7O4. The summed E-state index contributed by atoms with van der Waals surface area (Å²) >= 11 is 0. The van der Waals surface area contributed by atoms with Crippen LogP contribution in [0.3, 0.4) is 0 Å². The van der Waals surface area contributed by atoms with Crippen molar-refractivity contribution in [2.45, 2.75) is 20.1 Å². The Morgan fingerprint density at radius 2 is 1.82 bits per heavy atom. The molecule has 0 aliphatic rings. The van der Waals surface area contributed by atoms with Crippen LogP contribution in [0, 0.1) is 18.6 Å². The number of aromatic nitrogens is 7. The van der Waals surface area contributed by atoms with Crippen LogP contribution in [0.5, 0.6) is 11.5 Å². The number of carbonyl (C=O) groups is 1.